The molecule has 0 aliphatic rings. The Bertz CT molecular complexity index is 288. The highest BCUT2D eigenvalue weighted by molar-refractivity contribution is 7.89. The maximum atomic E-state index is 11.6. The molecule has 2 N–H and O–H groups in total. The summed E-state index contributed by atoms with van der Waals surface area (Å²) in [6.07, 6.45) is -0.751. The number of hydrogen-bond donors (Lipinski definition) is 2. The van der Waals surface area contributed by atoms with Gasteiger partial charge in [0.15, 0.2) is 0 Å². The van der Waals surface area contributed by atoms with Crippen LogP contribution in [0.25, 0.3) is 0 Å². The van der Waals surface area contributed by atoms with Crippen LogP contribution in [0, 0.1) is 5.92 Å². The minimum Gasteiger partial charge on any atom is -0.391 e. The van der Waals surface area contributed by atoms with E-state index in [4.69, 9.17) is 11.6 Å². The minimum absolute atomic E-state index is 0.0212. The van der Waals surface area contributed by atoms with Gasteiger partial charge in [-0.2, -0.15) is 0 Å². The summed E-state index contributed by atoms with van der Waals surface area (Å²) in [6, 6.07) is 0. The topological polar surface area (TPSA) is 66.4 Å². The van der Waals surface area contributed by atoms with Crippen LogP contribution in [0.4, 0.5) is 0 Å². The summed E-state index contributed by atoms with van der Waals surface area (Å²) in [7, 11) is -3.39. The number of hydrogen-bond acceptors (Lipinski definition) is 3. The van der Waals surface area contributed by atoms with E-state index in [1.165, 1.54) is 0 Å². The molecule has 0 bridgehead atoms. The molecule has 6 heteroatoms. The minimum atomic E-state index is -3.39. The zero-order chi connectivity index (χ0) is 12.3. The second-order valence-corrected chi connectivity index (χ2v) is 6.62. The Labute approximate surface area is 97.1 Å². The normalized spacial score (nSPS) is 17.5. The molecular formula is C9H20ClNO3S. The number of aliphatic hydroxyl groups is 1. The molecule has 0 spiro atoms. The van der Waals surface area contributed by atoms with Crippen LogP contribution in [0.15, 0.2) is 0 Å². The van der Waals surface area contributed by atoms with Crippen molar-refractivity contribution < 1.29 is 13.5 Å². The molecule has 15 heavy (non-hydrogen) atoms. The molecule has 0 amide bonds. The molecule has 0 aromatic heterocycles. The van der Waals surface area contributed by atoms with Crippen LogP contribution < -0.4 is 4.72 Å². The lowest BCUT2D eigenvalue weighted by Gasteiger charge is -2.29. The Kier molecular flexibility index (Phi) is 5.54. The first-order valence-corrected chi connectivity index (χ1v) is 7.05. The highest BCUT2D eigenvalue weighted by Gasteiger charge is 2.30. The lowest BCUT2D eigenvalue weighted by molar-refractivity contribution is 0.111. The third-order valence-electron chi connectivity index (χ3n) is 2.23. The lowest BCUT2D eigenvalue weighted by atomic mass is 10.0. The van der Waals surface area contributed by atoms with E-state index in [1.54, 1.807) is 27.7 Å². The van der Waals surface area contributed by atoms with Crippen LogP contribution >= 0.6 is 11.6 Å². The number of halogens is 1. The second kappa shape index (κ2) is 5.48. The van der Waals surface area contributed by atoms with E-state index in [9.17, 15) is 13.5 Å². The summed E-state index contributed by atoms with van der Waals surface area (Å²) in [5.41, 5.74) is -0.856. The number of alkyl halides is 1. The number of nitrogens with one attached hydrogen (secondary N) is 1. The monoisotopic (exact) mass is 257 g/mol. The molecule has 0 heterocycles. The van der Waals surface area contributed by atoms with E-state index in [0.29, 0.717) is 5.88 Å². The van der Waals surface area contributed by atoms with Crippen LogP contribution in [0.5, 0.6) is 0 Å². The largest absolute Gasteiger partial charge is 0.391 e. The predicted molar refractivity (Wildman–Crippen MR) is 62.6 cm³/mol. The van der Waals surface area contributed by atoms with E-state index < -0.39 is 21.7 Å². The first-order chi connectivity index (χ1) is 6.60. The molecule has 0 aliphatic carbocycles. The quantitative estimate of drug-likeness (QED) is 0.696. The van der Waals surface area contributed by atoms with Crippen molar-refractivity contribution in [3.8, 4) is 0 Å². The SMILES string of the molecule is CC(CCl)CS(=O)(=O)NC(C)(C)C(C)O. The van der Waals surface area contributed by atoms with Gasteiger partial charge in [-0.05, 0) is 26.7 Å². The van der Waals surface area contributed by atoms with Crippen molar-refractivity contribution in [2.45, 2.75) is 39.3 Å². The molecule has 0 aromatic rings. The molecule has 0 radical (unpaired) electrons. The maximum absolute atomic E-state index is 11.6. The van der Waals surface area contributed by atoms with Crippen molar-refractivity contribution in [3.63, 3.8) is 0 Å². The van der Waals surface area contributed by atoms with Gasteiger partial charge in [-0.1, -0.05) is 6.92 Å². The average Bonchev–Trinajstić information content (AvgIpc) is 2.00. The predicted octanol–water partition coefficient (Wildman–Crippen LogP) is 0.940. The van der Waals surface area contributed by atoms with Crippen molar-refractivity contribution in [1.29, 1.82) is 0 Å². The maximum Gasteiger partial charge on any atom is 0.212 e. The Morgan fingerprint density at radius 2 is 1.87 bits per heavy atom. The summed E-state index contributed by atoms with van der Waals surface area (Å²) < 4.78 is 25.7. The number of rotatable bonds is 6. The fraction of sp³-hybridized carbons (Fsp3) is 1.00. The van der Waals surface area contributed by atoms with Gasteiger partial charge >= 0.3 is 0 Å². The van der Waals surface area contributed by atoms with Gasteiger partial charge in [0.25, 0.3) is 0 Å². The van der Waals surface area contributed by atoms with E-state index in [0.717, 1.165) is 0 Å². The van der Waals surface area contributed by atoms with Crippen molar-refractivity contribution in [2.24, 2.45) is 5.92 Å². The zero-order valence-electron chi connectivity index (χ0n) is 9.62. The van der Waals surface area contributed by atoms with Crippen molar-refractivity contribution >= 4 is 21.6 Å². The molecule has 2 unspecified atom stereocenters. The Balaban J connectivity index is 4.52. The fourth-order valence-electron chi connectivity index (χ4n) is 0.947. The fourth-order valence-corrected chi connectivity index (χ4v) is 3.11. The van der Waals surface area contributed by atoms with Crippen molar-refractivity contribution in [1.82, 2.24) is 4.72 Å². The van der Waals surface area contributed by atoms with E-state index in [1.807, 2.05) is 0 Å². The van der Waals surface area contributed by atoms with E-state index in [2.05, 4.69) is 4.72 Å². The number of sulfonamides is 1. The molecule has 0 aliphatic heterocycles. The first-order valence-electron chi connectivity index (χ1n) is 4.86. The van der Waals surface area contributed by atoms with Gasteiger partial charge in [0.05, 0.1) is 17.4 Å². The van der Waals surface area contributed by atoms with Gasteiger partial charge in [-0.25, -0.2) is 13.1 Å². The van der Waals surface area contributed by atoms with Gasteiger partial charge < -0.3 is 5.11 Å². The molecule has 2 atom stereocenters. The molecule has 0 saturated carbocycles. The zero-order valence-corrected chi connectivity index (χ0v) is 11.2. The average molecular weight is 258 g/mol. The smallest absolute Gasteiger partial charge is 0.212 e. The van der Waals surface area contributed by atoms with Crippen molar-refractivity contribution in [2.75, 3.05) is 11.6 Å². The standard InChI is InChI=1S/C9H20ClNO3S/c1-7(5-10)6-15(13,14)11-9(3,4)8(2)12/h7-8,11-12H,5-6H2,1-4H3. The van der Waals surface area contributed by atoms with Crippen LogP contribution in [0.1, 0.15) is 27.7 Å². The van der Waals surface area contributed by atoms with Crippen LogP contribution in [0.3, 0.4) is 0 Å². The molecule has 0 saturated heterocycles. The summed E-state index contributed by atoms with van der Waals surface area (Å²) in [5, 5.41) is 9.38. The highest BCUT2D eigenvalue weighted by Crippen LogP contribution is 2.12. The summed E-state index contributed by atoms with van der Waals surface area (Å²) in [4.78, 5) is 0. The molecule has 0 aromatic carbocycles. The molecular weight excluding hydrogens is 238 g/mol. The molecule has 0 rings (SSSR count). The van der Waals surface area contributed by atoms with E-state index >= 15 is 0 Å². The molecule has 4 nitrogen and oxygen atoms in total. The van der Waals surface area contributed by atoms with Gasteiger partial charge in [-0.3, -0.25) is 0 Å². The van der Waals surface area contributed by atoms with Crippen LogP contribution in [-0.4, -0.2) is 36.8 Å². The van der Waals surface area contributed by atoms with Crippen LogP contribution in [-0.2, 0) is 10.0 Å². The Morgan fingerprint density at radius 3 is 2.20 bits per heavy atom. The van der Waals surface area contributed by atoms with Gasteiger partial charge in [0.1, 0.15) is 0 Å². The Hall–Kier alpha value is 0.160. The second-order valence-electron chi connectivity index (χ2n) is 4.54. The van der Waals surface area contributed by atoms with Crippen molar-refractivity contribution in [3.05, 3.63) is 0 Å². The molecule has 92 valence electrons. The van der Waals surface area contributed by atoms with Crippen LogP contribution in [0.2, 0.25) is 0 Å². The molecule has 0 fully saturated rings. The van der Waals surface area contributed by atoms with Gasteiger partial charge in [-0.15, -0.1) is 11.6 Å². The first kappa shape index (κ1) is 15.2. The van der Waals surface area contributed by atoms with Gasteiger partial charge in [0, 0.05) is 5.88 Å². The third kappa shape index (κ3) is 5.70. The Morgan fingerprint density at radius 1 is 1.40 bits per heavy atom. The summed E-state index contributed by atoms with van der Waals surface area (Å²) >= 11 is 5.55. The highest BCUT2D eigenvalue weighted by atomic mass is 35.5. The summed E-state index contributed by atoms with van der Waals surface area (Å²) in [6.45, 7) is 6.59. The van der Waals surface area contributed by atoms with Gasteiger partial charge in [0.2, 0.25) is 10.0 Å². The third-order valence-corrected chi connectivity index (χ3v) is 4.60. The van der Waals surface area contributed by atoms with E-state index in [-0.39, 0.29) is 11.7 Å². The number of aliphatic hydroxyl groups excluding tert-OH is 1. The lowest BCUT2D eigenvalue weighted by Crippen LogP contribution is -2.52. The summed E-state index contributed by atoms with van der Waals surface area (Å²) in [5.74, 6) is 0.178.